The van der Waals surface area contributed by atoms with Crippen molar-refractivity contribution < 1.29 is 30.7 Å². The average Bonchev–Trinajstić information content (AvgIpc) is 2.51. The molecule has 8 nitrogen and oxygen atoms in total. The largest absolute Gasteiger partial charge is 0.361 e. The number of hydrogen-bond donors (Lipinski definition) is 2. The van der Waals surface area contributed by atoms with Crippen LogP contribution in [0.2, 0.25) is 0 Å². The van der Waals surface area contributed by atoms with Crippen molar-refractivity contribution >= 4 is 91.1 Å². The fraction of sp³-hybridized carbons (Fsp3) is 0.0714. The zero-order chi connectivity index (χ0) is 18.0. The predicted octanol–water partition coefficient (Wildman–Crippen LogP) is 0.577. The van der Waals surface area contributed by atoms with E-state index in [1.807, 2.05) is 0 Å². The summed E-state index contributed by atoms with van der Waals surface area (Å²) in [5, 5.41) is -2.22. The molecular weight excluding hydrogens is 402 g/mol. The molecule has 0 saturated carbocycles. The number of allylic oxidation sites excluding steroid dienone is 4. The molecule has 2 rings (SSSR count). The molecule has 0 aromatic heterocycles. The van der Waals surface area contributed by atoms with Crippen molar-refractivity contribution in [2.24, 2.45) is 0 Å². The minimum atomic E-state index is -5.01. The van der Waals surface area contributed by atoms with Gasteiger partial charge in [0.05, 0.1) is 0 Å². The molecule has 0 amide bonds. The standard InChI is InChI=1S/C14H12N2O6S2.2Na/c15-16-12-9-8-11(7-6-10-4-2-1-3-5-10)13(23(17,18)19)14(12)24(20,21)22;;/h1-9,14H,(H,17,18,19)(H,20,21,22);;. The normalized spacial score (nSPS) is 17.5. The molecule has 2 N–H and O–H groups in total. The fourth-order valence-corrected chi connectivity index (χ4v) is 4.57. The first-order valence-electron chi connectivity index (χ1n) is 6.45. The molecule has 1 atom stereocenters. The molecule has 1 aromatic carbocycles. The van der Waals surface area contributed by atoms with Crippen LogP contribution in [0.5, 0.6) is 0 Å². The van der Waals surface area contributed by atoms with E-state index < -0.39 is 36.1 Å². The van der Waals surface area contributed by atoms with Gasteiger partial charge in [0.2, 0.25) is 5.25 Å². The molecule has 1 aromatic rings. The molecule has 0 bridgehead atoms. The van der Waals surface area contributed by atoms with Crippen LogP contribution in [0, 0.1) is 0 Å². The third-order valence-corrected chi connectivity index (χ3v) is 5.42. The predicted molar refractivity (Wildman–Crippen MR) is 98.7 cm³/mol. The Bertz CT molecular complexity index is 1010. The third kappa shape index (κ3) is 6.36. The second kappa shape index (κ2) is 10.3. The smallest absolute Gasteiger partial charge is 0.317 e. The Morgan fingerprint density at radius 3 is 2.00 bits per heavy atom. The van der Waals surface area contributed by atoms with Crippen molar-refractivity contribution in [1.82, 2.24) is 0 Å². The zero-order valence-corrected chi connectivity index (χ0v) is 19.6. The quantitative estimate of drug-likeness (QED) is 0.319. The van der Waals surface area contributed by atoms with E-state index in [1.54, 1.807) is 30.3 Å². The summed E-state index contributed by atoms with van der Waals surface area (Å²) in [6.07, 6.45) is 4.94. The Kier molecular flexibility index (Phi) is 10.1. The van der Waals surface area contributed by atoms with Crippen LogP contribution in [0.4, 0.5) is 0 Å². The van der Waals surface area contributed by atoms with E-state index in [1.165, 1.54) is 12.2 Å². The maximum absolute atomic E-state index is 11.6. The van der Waals surface area contributed by atoms with Gasteiger partial charge in [-0.3, -0.25) is 9.11 Å². The van der Waals surface area contributed by atoms with Gasteiger partial charge in [0.15, 0.2) is 0 Å². The Balaban J connectivity index is 0.00000312. The molecule has 128 valence electrons. The molecular formula is C14H12N2Na2O6S2. The van der Waals surface area contributed by atoms with Gasteiger partial charge < -0.3 is 5.53 Å². The summed E-state index contributed by atoms with van der Waals surface area (Å²) in [4.78, 5) is 1.68. The number of rotatable bonds is 4. The topological polar surface area (TPSA) is 145 Å². The second-order valence-corrected chi connectivity index (χ2v) is 7.68. The summed E-state index contributed by atoms with van der Waals surface area (Å²) in [6.45, 7) is 0. The molecule has 12 heteroatoms. The maximum atomic E-state index is 11.6. The van der Waals surface area contributed by atoms with Crippen LogP contribution in [0.3, 0.4) is 0 Å². The average molecular weight is 414 g/mol. The van der Waals surface area contributed by atoms with Crippen molar-refractivity contribution in [2.75, 3.05) is 0 Å². The van der Waals surface area contributed by atoms with E-state index in [4.69, 9.17) is 5.53 Å². The molecule has 0 spiro atoms. The first kappa shape index (κ1) is 25.6. The van der Waals surface area contributed by atoms with Gasteiger partial charge in [0, 0.05) is 65.2 Å². The molecule has 0 fully saturated rings. The molecule has 1 aliphatic carbocycles. The molecule has 1 aliphatic rings. The monoisotopic (exact) mass is 414 g/mol. The van der Waals surface area contributed by atoms with Crippen LogP contribution in [0.1, 0.15) is 5.56 Å². The van der Waals surface area contributed by atoms with Gasteiger partial charge in [0.25, 0.3) is 20.2 Å². The van der Waals surface area contributed by atoms with E-state index in [0.29, 0.717) is 5.56 Å². The second-order valence-electron chi connectivity index (χ2n) is 4.79. The minimum absolute atomic E-state index is 0. The Morgan fingerprint density at radius 1 is 0.962 bits per heavy atom. The maximum Gasteiger partial charge on any atom is 0.317 e. The van der Waals surface area contributed by atoms with Crippen molar-refractivity contribution in [3.8, 4) is 0 Å². The molecule has 0 saturated heterocycles. The Hall–Kier alpha value is -0.360. The van der Waals surface area contributed by atoms with Gasteiger partial charge in [-0.15, -0.1) is 0 Å². The molecule has 0 heterocycles. The zero-order valence-electron chi connectivity index (χ0n) is 14.0. The van der Waals surface area contributed by atoms with E-state index in [9.17, 15) is 25.9 Å². The van der Waals surface area contributed by atoms with Crippen LogP contribution < -0.4 is 0 Å². The molecule has 0 aliphatic heterocycles. The Morgan fingerprint density at radius 2 is 1.54 bits per heavy atom. The van der Waals surface area contributed by atoms with Crippen LogP contribution in [-0.4, -0.2) is 101 Å². The third-order valence-electron chi connectivity index (χ3n) is 3.17. The van der Waals surface area contributed by atoms with Gasteiger partial charge in [-0.25, -0.2) is 0 Å². The Labute approximate surface area is 195 Å². The number of nitrogens with zero attached hydrogens (tertiary/aromatic N) is 2. The first-order chi connectivity index (χ1) is 11.1. The summed E-state index contributed by atoms with van der Waals surface area (Å²) >= 11 is 0. The summed E-state index contributed by atoms with van der Waals surface area (Å²) in [7, 11) is -10.0. The van der Waals surface area contributed by atoms with Crippen molar-refractivity contribution in [1.29, 1.82) is 0 Å². The van der Waals surface area contributed by atoms with E-state index in [0.717, 1.165) is 12.2 Å². The minimum Gasteiger partial charge on any atom is -0.361 e. The number of benzene rings is 1. The molecule has 26 heavy (non-hydrogen) atoms. The summed E-state index contributed by atoms with van der Waals surface area (Å²) in [5.74, 6) is 0. The first-order valence-corrected chi connectivity index (χ1v) is 9.40. The van der Waals surface area contributed by atoms with Crippen LogP contribution >= 0.6 is 0 Å². The summed E-state index contributed by atoms with van der Waals surface area (Å²) in [5.41, 5.74) is 8.73. The van der Waals surface area contributed by atoms with Crippen LogP contribution in [0.15, 0.2) is 59.0 Å². The van der Waals surface area contributed by atoms with Gasteiger partial charge in [-0.2, -0.15) is 21.6 Å². The van der Waals surface area contributed by atoms with Gasteiger partial charge in [0.1, 0.15) is 4.91 Å². The number of hydrogen-bond acceptors (Lipinski definition) is 4. The van der Waals surface area contributed by atoms with Crippen molar-refractivity contribution in [3.63, 3.8) is 0 Å². The van der Waals surface area contributed by atoms with Gasteiger partial charge >= 0.3 is 5.71 Å². The van der Waals surface area contributed by atoms with Crippen molar-refractivity contribution in [2.45, 2.75) is 5.25 Å². The summed E-state index contributed by atoms with van der Waals surface area (Å²) < 4.78 is 65.0. The summed E-state index contributed by atoms with van der Waals surface area (Å²) in [6, 6.07) is 8.70. The van der Waals surface area contributed by atoms with Gasteiger partial charge in [-0.1, -0.05) is 42.5 Å². The van der Waals surface area contributed by atoms with Crippen LogP contribution in [0.25, 0.3) is 11.6 Å². The molecule has 1 unspecified atom stereocenters. The van der Waals surface area contributed by atoms with E-state index >= 15 is 0 Å². The van der Waals surface area contributed by atoms with Crippen molar-refractivity contribution in [3.05, 3.63) is 70.1 Å². The van der Waals surface area contributed by atoms with Gasteiger partial charge in [-0.05, 0) is 17.2 Å². The fourth-order valence-electron chi connectivity index (χ4n) is 2.18. The van der Waals surface area contributed by atoms with E-state index in [-0.39, 0.29) is 64.7 Å². The van der Waals surface area contributed by atoms with Crippen LogP contribution in [-0.2, 0) is 20.2 Å². The van der Waals surface area contributed by atoms with E-state index in [2.05, 4.69) is 4.79 Å². The SMILES string of the molecule is [N-]=[N+]=C1C=CC(C=Cc2ccccc2)=C(S(=O)(=O)O)C1S(=O)(=O)O.[Na].[Na]. The molecule has 2 radical (unpaired) electrons.